The van der Waals surface area contributed by atoms with Gasteiger partial charge in [0.25, 0.3) is 0 Å². The normalized spacial score (nSPS) is 19.5. The maximum atomic E-state index is 13.1. The fourth-order valence-corrected chi connectivity index (χ4v) is 6.08. The van der Waals surface area contributed by atoms with E-state index >= 15 is 0 Å². The largest absolute Gasteiger partial charge is 0.339 e. The number of hydrogen-bond donors (Lipinski definition) is 0. The van der Waals surface area contributed by atoms with E-state index in [9.17, 15) is 13.2 Å². The third-order valence-corrected chi connectivity index (χ3v) is 8.43. The maximum absolute atomic E-state index is 13.1. The number of sulfonamides is 1. The van der Waals surface area contributed by atoms with Gasteiger partial charge in [0.15, 0.2) is 0 Å². The van der Waals surface area contributed by atoms with Crippen LogP contribution in [0.1, 0.15) is 32.1 Å². The Morgan fingerprint density at radius 1 is 0.967 bits per heavy atom. The Morgan fingerprint density at radius 3 is 2.33 bits per heavy atom. The summed E-state index contributed by atoms with van der Waals surface area (Å²) >= 11 is 0. The minimum Gasteiger partial charge on any atom is -0.339 e. The summed E-state index contributed by atoms with van der Waals surface area (Å²) in [5.74, 6) is 0.103. The quantitative estimate of drug-likeness (QED) is 0.733. The zero-order valence-electron chi connectivity index (χ0n) is 17.7. The van der Waals surface area contributed by atoms with Crippen molar-refractivity contribution in [2.24, 2.45) is 0 Å². The molecule has 0 radical (unpaired) electrons. The minimum absolute atomic E-state index is 0.103. The molecule has 2 aromatic rings. The van der Waals surface area contributed by atoms with E-state index in [2.05, 4.69) is 4.90 Å². The molecular formula is C23H31N3O3S. The molecule has 1 saturated heterocycles. The van der Waals surface area contributed by atoms with Crippen molar-refractivity contribution < 1.29 is 13.2 Å². The fraction of sp³-hybridized carbons (Fsp3) is 0.522. The Labute approximate surface area is 179 Å². The Kier molecular flexibility index (Phi) is 6.41. The highest BCUT2D eigenvalue weighted by molar-refractivity contribution is 7.89. The van der Waals surface area contributed by atoms with Gasteiger partial charge in [0.1, 0.15) is 0 Å². The monoisotopic (exact) mass is 429 g/mol. The first-order valence-electron chi connectivity index (χ1n) is 10.9. The van der Waals surface area contributed by atoms with Crippen LogP contribution in [0.4, 0.5) is 0 Å². The number of fused-ring (bicyclic) bond motifs is 1. The minimum atomic E-state index is -3.56. The van der Waals surface area contributed by atoms with E-state index in [1.807, 2.05) is 42.3 Å². The molecule has 162 valence electrons. The van der Waals surface area contributed by atoms with E-state index in [4.69, 9.17) is 0 Å². The summed E-state index contributed by atoms with van der Waals surface area (Å²) in [6.45, 7) is 2.00. The van der Waals surface area contributed by atoms with Crippen LogP contribution in [-0.4, -0.2) is 74.2 Å². The van der Waals surface area contributed by atoms with Crippen LogP contribution in [0.2, 0.25) is 0 Å². The molecule has 2 fully saturated rings. The molecule has 7 heteroatoms. The van der Waals surface area contributed by atoms with Gasteiger partial charge >= 0.3 is 0 Å². The van der Waals surface area contributed by atoms with E-state index in [1.54, 1.807) is 12.1 Å². The SMILES string of the molecule is CN(CC(=O)N1CCN(S(=O)(=O)c2ccc3ccccc3c2)CC1)C1CCCCC1. The molecule has 1 aliphatic carbocycles. The third-order valence-electron chi connectivity index (χ3n) is 6.53. The number of carbonyl (C=O) groups is 1. The first-order chi connectivity index (χ1) is 14.4. The van der Waals surface area contributed by atoms with Gasteiger partial charge in [-0.2, -0.15) is 4.31 Å². The molecule has 0 spiro atoms. The number of amides is 1. The van der Waals surface area contributed by atoms with Gasteiger partial charge in [-0.25, -0.2) is 8.42 Å². The van der Waals surface area contributed by atoms with Crippen LogP contribution in [0.3, 0.4) is 0 Å². The number of benzene rings is 2. The van der Waals surface area contributed by atoms with Gasteiger partial charge in [0.2, 0.25) is 15.9 Å². The third kappa shape index (κ3) is 4.53. The lowest BCUT2D eigenvalue weighted by atomic mass is 9.94. The number of likely N-dealkylation sites (N-methyl/N-ethyl adjacent to an activating group) is 1. The van der Waals surface area contributed by atoms with Crippen molar-refractivity contribution in [3.63, 3.8) is 0 Å². The summed E-state index contributed by atoms with van der Waals surface area (Å²) in [6, 6.07) is 13.5. The van der Waals surface area contributed by atoms with E-state index in [-0.39, 0.29) is 5.91 Å². The first kappa shape index (κ1) is 21.3. The summed E-state index contributed by atoms with van der Waals surface area (Å²) in [6.07, 6.45) is 6.12. The predicted octanol–water partition coefficient (Wildman–Crippen LogP) is 2.94. The van der Waals surface area contributed by atoms with Crippen LogP contribution >= 0.6 is 0 Å². The highest BCUT2D eigenvalue weighted by Crippen LogP contribution is 2.24. The van der Waals surface area contributed by atoms with Gasteiger partial charge < -0.3 is 4.90 Å². The molecule has 0 bridgehead atoms. The molecule has 6 nitrogen and oxygen atoms in total. The lowest BCUT2D eigenvalue weighted by Gasteiger charge is -2.36. The molecule has 0 unspecified atom stereocenters. The van der Waals surface area contributed by atoms with Crippen molar-refractivity contribution in [1.82, 2.24) is 14.1 Å². The summed E-state index contributed by atoms with van der Waals surface area (Å²) in [5, 5.41) is 1.94. The summed E-state index contributed by atoms with van der Waals surface area (Å²) in [4.78, 5) is 17.0. The Bertz CT molecular complexity index is 994. The van der Waals surface area contributed by atoms with Gasteiger partial charge in [-0.05, 0) is 42.8 Å². The standard InChI is InChI=1S/C23H31N3O3S/c1-24(21-9-3-2-4-10-21)18-23(27)25-13-15-26(16-14-25)30(28,29)22-12-11-19-7-5-6-8-20(19)17-22/h5-8,11-12,17,21H,2-4,9-10,13-16,18H2,1H3. The van der Waals surface area contributed by atoms with Crippen molar-refractivity contribution in [2.75, 3.05) is 39.8 Å². The molecule has 0 N–H and O–H groups in total. The van der Waals surface area contributed by atoms with E-state index in [1.165, 1.54) is 36.4 Å². The highest BCUT2D eigenvalue weighted by atomic mass is 32.2. The van der Waals surface area contributed by atoms with Crippen LogP contribution in [0.15, 0.2) is 47.4 Å². The fourth-order valence-electron chi connectivity index (χ4n) is 4.62. The molecule has 2 aliphatic rings. The van der Waals surface area contributed by atoms with E-state index < -0.39 is 10.0 Å². The van der Waals surface area contributed by atoms with Gasteiger partial charge in [-0.1, -0.05) is 49.6 Å². The molecule has 0 atom stereocenters. The molecule has 1 amide bonds. The van der Waals surface area contributed by atoms with Gasteiger partial charge in [-0.3, -0.25) is 9.69 Å². The van der Waals surface area contributed by atoms with Gasteiger partial charge in [-0.15, -0.1) is 0 Å². The van der Waals surface area contributed by atoms with Crippen LogP contribution in [-0.2, 0) is 14.8 Å². The second kappa shape index (κ2) is 9.04. The molecule has 1 heterocycles. The summed E-state index contributed by atoms with van der Waals surface area (Å²) in [7, 11) is -1.52. The summed E-state index contributed by atoms with van der Waals surface area (Å²) < 4.78 is 27.7. The van der Waals surface area contributed by atoms with Gasteiger partial charge in [0, 0.05) is 32.2 Å². The molecule has 0 aromatic heterocycles. The van der Waals surface area contributed by atoms with Gasteiger partial charge in [0.05, 0.1) is 11.4 Å². The second-order valence-electron chi connectivity index (χ2n) is 8.50. The molecule has 1 saturated carbocycles. The van der Waals surface area contributed by atoms with Crippen LogP contribution in [0, 0.1) is 0 Å². The number of rotatable bonds is 5. The Balaban J connectivity index is 1.36. The molecule has 30 heavy (non-hydrogen) atoms. The van der Waals surface area contributed by atoms with Crippen LogP contribution in [0.5, 0.6) is 0 Å². The Hall–Kier alpha value is -1.96. The average Bonchev–Trinajstić information content (AvgIpc) is 2.79. The summed E-state index contributed by atoms with van der Waals surface area (Å²) in [5.41, 5.74) is 0. The van der Waals surface area contributed by atoms with Crippen LogP contribution in [0.25, 0.3) is 10.8 Å². The van der Waals surface area contributed by atoms with Crippen molar-refractivity contribution in [1.29, 1.82) is 0 Å². The zero-order chi connectivity index (χ0) is 21.1. The van der Waals surface area contributed by atoms with Crippen molar-refractivity contribution in [3.05, 3.63) is 42.5 Å². The van der Waals surface area contributed by atoms with Crippen molar-refractivity contribution in [3.8, 4) is 0 Å². The lowest BCUT2D eigenvalue weighted by molar-refractivity contribution is -0.134. The lowest BCUT2D eigenvalue weighted by Crippen LogP contribution is -2.53. The van der Waals surface area contributed by atoms with E-state index in [0.717, 1.165) is 10.8 Å². The van der Waals surface area contributed by atoms with Crippen molar-refractivity contribution in [2.45, 2.75) is 43.0 Å². The molecular weight excluding hydrogens is 398 g/mol. The number of nitrogens with zero attached hydrogens (tertiary/aromatic N) is 3. The second-order valence-corrected chi connectivity index (χ2v) is 10.4. The topological polar surface area (TPSA) is 60.9 Å². The zero-order valence-corrected chi connectivity index (χ0v) is 18.5. The van der Waals surface area contributed by atoms with Crippen molar-refractivity contribution >= 4 is 26.7 Å². The predicted molar refractivity (Wildman–Crippen MR) is 119 cm³/mol. The maximum Gasteiger partial charge on any atom is 0.243 e. The number of hydrogen-bond acceptors (Lipinski definition) is 4. The highest BCUT2D eigenvalue weighted by Gasteiger charge is 2.31. The molecule has 1 aliphatic heterocycles. The van der Waals surface area contributed by atoms with Crippen LogP contribution < -0.4 is 0 Å². The molecule has 2 aromatic carbocycles. The Morgan fingerprint density at radius 2 is 1.63 bits per heavy atom. The number of carbonyl (C=O) groups excluding carboxylic acids is 1. The van der Waals surface area contributed by atoms with E-state index in [0.29, 0.717) is 43.7 Å². The first-order valence-corrected chi connectivity index (χ1v) is 12.4. The average molecular weight is 430 g/mol. The molecule has 4 rings (SSSR count). The number of piperazine rings is 1. The smallest absolute Gasteiger partial charge is 0.243 e.